The third kappa shape index (κ3) is 9.39. The molecule has 0 spiro atoms. The highest BCUT2D eigenvalue weighted by Gasteiger charge is 2.39. The number of allylic oxidation sites excluding steroid dienone is 1. The molecule has 0 bridgehead atoms. The molecule has 0 aliphatic heterocycles. The van der Waals surface area contributed by atoms with E-state index >= 15 is 0 Å². The molecule has 0 fully saturated rings. The third-order valence-electron chi connectivity index (χ3n) is 4.45. The summed E-state index contributed by atoms with van der Waals surface area (Å²) in [6.07, 6.45) is -6.78. The molecule has 0 aliphatic rings. The normalized spacial score (nSPS) is 14.3. The maximum absolute atomic E-state index is 13.7. The van der Waals surface area contributed by atoms with Crippen molar-refractivity contribution in [1.82, 2.24) is 5.32 Å². The number of amides is 1. The first-order valence-corrected chi connectivity index (χ1v) is 12.8. The summed E-state index contributed by atoms with van der Waals surface area (Å²) in [5.41, 5.74) is 0.349. The Morgan fingerprint density at radius 3 is 2.20 bits per heavy atom. The summed E-state index contributed by atoms with van der Waals surface area (Å²) in [6, 6.07) is 5.93. The van der Waals surface area contributed by atoms with Crippen molar-refractivity contribution < 1.29 is 31.1 Å². The van der Waals surface area contributed by atoms with Crippen LogP contribution in [0, 0.1) is 0 Å². The van der Waals surface area contributed by atoms with Gasteiger partial charge in [0.05, 0.1) is 32.3 Å². The highest BCUT2D eigenvalue weighted by molar-refractivity contribution is 9.10. The lowest BCUT2D eigenvalue weighted by Crippen LogP contribution is -2.34. The standard InChI is InChI=1S/C22H17BrCl3F6NOS/c1-11(9-35-10-21(27,28)29)33-20(34)14-4-2-12(6-16(14)23)3-5-15(22(30,31)32)13-7-17(24)19(26)18(25)8-13/h2-8,11,15H,9-10H2,1H3,(H,33,34)/b5-3+/t11-,15?/m1/s1. The van der Waals surface area contributed by atoms with Crippen molar-refractivity contribution in [2.45, 2.75) is 31.2 Å². The molecule has 2 aromatic rings. The number of hydrogen-bond acceptors (Lipinski definition) is 2. The van der Waals surface area contributed by atoms with Gasteiger partial charge in [-0.05, 0) is 58.2 Å². The zero-order valence-electron chi connectivity index (χ0n) is 17.7. The van der Waals surface area contributed by atoms with Gasteiger partial charge in [0.25, 0.3) is 5.91 Å². The van der Waals surface area contributed by atoms with Gasteiger partial charge in [0.1, 0.15) is 0 Å². The fourth-order valence-corrected chi connectivity index (χ4v) is 4.86. The summed E-state index contributed by atoms with van der Waals surface area (Å²) in [4.78, 5) is 12.4. The maximum Gasteiger partial charge on any atom is 0.399 e. The molecule has 0 heterocycles. The SMILES string of the molecule is C[C@H](CSCC(F)(F)F)NC(=O)c1ccc(/C=C/C(c2cc(Cl)c(Cl)c(Cl)c2)C(F)(F)F)cc1Br. The van der Waals surface area contributed by atoms with Gasteiger partial charge >= 0.3 is 12.4 Å². The van der Waals surface area contributed by atoms with Crippen molar-refractivity contribution in [3.05, 3.63) is 72.6 Å². The summed E-state index contributed by atoms with van der Waals surface area (Å²) in [5, 5.41) is 2.32. The molecule has 2 atom stereocenters. The lowest BCUT2D eigenvalue weighted by atomic mass is 9.97. The summed E-state index contributed by atoms with van der Waals surface area (Å²) < 4.78 is 78.2. The molecule has 1 N–H and O–H groups in total. The number of carbonyl (C=O) groups excluding carboxylic acids is 1. The second-order valence-electron chi connectivity index (χ2n) is 7.42. The first-order chi connectivity index (χ1) is 16.1. The fraction of sp³-hybridized carbons (Fsp3) is 0.318. The van der Waals surface area contributed by atoms with Gasteiger partial charge in [-0.1, -0.05) is 53.0 Å². The number of nitrogens with one attached hydrogen (secondary N) is 1. The number of thioether (sulfide) groups is 1. The summed E-state index contributed by atoms with van der Waals surface area (Å²) >= 11 is 21.4. The minimum Gasteiger partial charge on any atom is -0.349 e. The molecule has 2 nitrogen and oxygen atoms in total. The van der Waals surface area contributed by atoms with Crippen LogP contribution in [0.15, 0.2) is 40.9 Å². The molecule has 35 heavy (non-hydrogen) atoms. The van der Waals surface area contributed by atoms with Crippen molar-refractivity contribution in [2.75, 3.05) is 11.5 Å². The van der Waals surface area contributed by atoms with Crippen LogP contribution < -0.4 is 5.32 Å². The molecule has 2 aromatic carbocycles. The Balaban J connectivity index is 2.16. The second kappa shape index (κ2) is 12.4. The van der Waals surface area contributed by atoms with Gasteiger partial charge in [-0.15, -0.1) is 0 Å². The van der Waals surface area contributed by atoms with Gasteiger partial charge in [-0.3, -0.25) is 4.79 Å². The molecule has 0 aromatic heterocycles. The summed E-state index contributed by atoms with van der Waals surface area (Å²) in [5.74, 6) is -3.52. The third-order valence-corrected chi connectivity index (χ3v) is 7.57. The van der Waals surface area contributed by atoms with E-state index in [-0.39, 0.29) is 31.9 Å². The van der Waals surface area contributed by atoms with Gasteiger partial charge < -0.3 is 5.32 Å². The maximum atomic E-state index is 13.7. The Labute approximate surface area is 225 Å². The van der Waals surface area contributed by atoms with E-state index in [1.807, 2.05) is 0 Å². The minimum absolute atomic E-state index is 0.0481. The van der Waals surface area contributed by atoms with Crippen molar-refractivity contribution >= 4 is 74.5 Å². The molecule has 1 amide bonds. The molecule has 192 valence electrons. The van der Waals surface area contributed by atoms with Crippen LogP contribution in [0.1, 0.15) is 34.3 Å². The molecular weight excluding hydrogens is 627 g/mol. The first kappa shape index (κ1) is 30.2. The summed E-state index contributed by atoms with van der Waals surface area (Å²) in [7, 11) is 0. The van der Waals surface area contributed by atoms with E-state index in [1.54, 1.807) is 6.92 Å². The minimum atomic E-state index is -4.64. The molecule has 13 heteroatoms. The van der Waals surface area contributed by atoms with Crippen LogP contribution >= 0.6 is 62.5 Å². The van der Waals surface area contributed by atoms with E-state index in [9.17, 15) is 31.1 Å². The zero-order valence-corrected chi connectivity index (χ0v) is 22.4. The first-order valence-electron chi connectivity index (χ1n) is 9.72. The van der Waals surface area contributed by atoms with Crippen molar-refractivity contribution in [3.63, 3.8) is 0 Å². The molecule has 0 radical (unpaired) electrons. The predicted octanol–water partition coefficient (Wildman–Crippen LogP) is 9.18. The van der Waals surface area contributed by atoms with E-state index in [4.69, 9.17) is 34.8 Å². The van der Waals surface area contributed by atoms with Crippen molar-refractivity contribution in [2.24, 2.45) is 0 Å². The monoisotopic (exact) mass is 641 g/mol. The number of benzene rings is 2. The Kier molecular flexibility index (Phi) is 10.7. The Hall–Kier alpha value is -1.07. The van der Waals surface area contributed by atoms with Crippen LogP contribution in [0.5, 0.6) is 0 Å². The summed E-state index contributed by atoms with van der Waals surface area (Å²) in [6.45, 7) is 1.57. The van der Waals surface area contributed by atoms with Gasteiger partial charge in [0, 0.05) is 16.3 Å². The number of rotatable bonds is 8. The van der Waals surface area contributed by atoms with Gasteiger partial charge in [0.15, 0.2) is 0 Å². The average molecular weight is 644 g/mol. The fourth-order valence-electron chi connectivity index (χ4n) is 2.89. The van der Waals surface area contributed by atoms with Crippen LogP contribution in [-0.4, -0.2) is 35.8 Å². The number of hydrogen-bond donors (Lipinski definition) is 1. The quantitative estimate of drug-likeness (QED) is 0.230. The molecule has 2 rings (SSSR count). The van der Waals surface area contributed by atoms with E-state index < -0.39 is 36.0 Å². The number of alkyl halides is 6. The predicted molar refractivity (Wildman–Crippen MR) is 134 cm³/mol. The van der Waals surface area contributed by atoms with E-state index in [0.717, 1.165) is 18.2 Å². The molecule has 1 unspecified atom stereocenters. The molecule has 0 aliphatic carbocycles. The lowest BCUT2D eigenvalue weighted by Gasteiger charge is -2.18. The van der Waals surface area contributed by atoms with Gasteiger partial charge in [0.2, 0.25) is 0 Å². The molecule has 0 saturated carbocycles. The van der Waals surface area contributed by atoms with E-state index in [1.165, 1.54) is 24.3 Å². The highest BCUT2D eigenvalue weighted by Crippen LogP contribution is 2.41. The van der Waals surface area contributed by atoms with Crippen molar-refractivity contribution in [3.8, 4) is 0 Å². The van der Waals surface area contributed by atoms with Crippen LogP contribution in [0.3, 0.4) is 0 Å². The zero-order chi connectivity index (χ0) is 26.6. The van der Waals surface area contributed by atoms with Crippen molar-refractivity contribution in [1.29, 1.82) is 0 Å². The molecule has 0 saturated heterocycles. The van der Waals surface area contributed by atoms with Crippen LogP contribution in [0.25, 0.3) is 6.08 Å². The Bertz CT molecular complexity index is 1070. The topological polar surface area (TPSA) is 29.1 Å². The van der Waals surface area contributed by atoms with Gasteiger partial charge in [-0.2, -0.15) is 38.1 Å². The average Bonchev–Trinajstić information content (AvgIpc) is 2.70. The van der Waals surface area contributed by atoms with E-state index in [0.29, 0.717) is 21.8 Å². The van der Waals surface area contributed by atoms with Crippen LogP contribution in [0.2, 0.25) is 15.1 Å². The van der Waals surface area contributed by atoms with Crippen LogP contribution in [-0.2, 0) is 0 Å². The van der Waals surface area contributed by atoms with E-state index in [2.05, 4.69) is 21.2 Å². The Morgan fingerprint density at radius 2 is 1.69 bits per heavy atom. The second-order valence-corrected chi connectivity index (χ2v) is 10.5. The molecular formula is C22H17BrCl3F6NOS. The smallest absolute Gasteiger partial charge is 0.349 e. The van der Waals surface area contributed by atoms with Crippen LogP contribution in [0.4, 0.5) is 26.3 Å². The number of carbonyl (C=O) groups is 1. The van der Waals surface area contributed by atoms with Gasteiger partial charge in [-0.25, -0.2) is 0 Å². The Morgan fingerprint density at radius 1 is 1.09 bits per heavy atom. The highest BCUT2D eigenvalue weighted by atomic mass is 79.9. The largest absolute Gasteiger partial charge is 0.399 e. The number of halogens is 10. The lowest BCUT2D eigenvalue weighted by molar-refractivity contribution is -0.139.